The number of rotatable bonds is 49. The van der Waals surface area contributed by atoms with Crippen molar-refractivity contribution in [3.63, 3.8) is 0 Å². The van der Waals surface area contributed by atoms with Gasteiger partial charge in [0.2, 0.25) is 0 Å². The number of unbranched alkanes of at least 4 members (excludes halogenated alkanes) is 32. The van der Waals surface area contributed by atoms with Crippen LogP contribution in [0.1, 0.15) is 284 Å². The molecule has 0 bridgehead atoms. The zero-order valence-corrected chi connectivity index (χ0v) is 44.0. The first kappa shape index (κ1) is 62.6. The van der Waals surface area contributed by atoms with E-state index in [9.17, 15) is 19.5 Å². The fourth-order valence-corrected chi connectivity index (χ4v) is 8.81. The third kappa shape index (κ3) is 40.0. The highest BCUT2D eigenvalue weighted by molar-refractivity contribution is 5.71. The molecule has 0 unspecified atom stereocenters. The van der Waals surface area contributed by atoms with E-state index in [1.807, 2.05) is 0 Å². The van der Waals surface area contributed by atoms with E-state index in [0.29, 0.717) is 6.42 Å². The molecule has 1 fully saturated rings. The fourth-order valence-electron chi connectivity index (χ4n) is 8.81. The van der Waals surface area contributed by atoms with Crippen molar-refractivity contribution >= 4 is 17.9 Å². The Hall–Kier alpha value is -2.45. The van der Waals surface area contributed by atoms with Gasteiger partial charge < -0.3 is 24.1 Å². The van der Waals surface area contributed by atoms with Gasteiger partial charge in [0.05, 0.1) is 6.61 Å². The number of carbonyl (C=O) groups is 3. The predicted octanol–water partition coefficient (Wildman–Crippen LogP) is 16.8. The van der Waals surface area contributed by atoms with E-state index in [2.05, 4.69) is 57.2 Å². The molecule has 1 heterocycles. The van der Waals surface area contributed by atoms with Crippen LogP contribution in [0.15, 0.2) is 36.5 Å². The normalized spacial score (nSPS) is 16.7. The van der Waals surface area contributed by atoms with Crippen molar-refractivity contribution in [2.24, 2.45) is 0 Å². The smallest absolute Gasteiger partial charge is 0.306 e. The molecule has 0 radical (unpaired) electrons. The maximum atomic E-state index is 13.1. The van der Waals surface area contributed by atoms with Crippen LogP contribution in [0.2, 0.25) is 0 Å². The van der Waals surface area contributed by atoms with Crippen molar-refractivity contribution in [3.8, 4) is 0 Å². The minimum absolute atomic E-state index is 0.00732. The number of aliphatic hydroxyl groups excluding tert-OH is 1. The number of carbonyl (C=O) groups excluding carboxylic acids is 3. The average molecular weight is 943 g/mol. The second-order valence-electron chi connectivity index (χ2n) is 19.7. The summed E-state index contributed by atoms with van der Waals surface area (Å²) >= 11 is 0. The molecular formula is C59H106O8. The lowest BCUT2D eigenvalue weighted by Crippen LogP contribution is -2.45. The molecule has 0 saturated carbocycles. The minimum Gasteiger partial charge on any atom is -0.463 e. The lowest BCUT2D eigenvalue weighted by atomic mass is 10.1. The summed E-state index contributed by atoms with van der Waals surface area (Å²) < 4.78 is 23.1. The van der Waals surface area contributed by atoms with Crippen LogP contribution in [0.5, 0.6) is 0 Å². The highest BCUT2D eigenvalue weighted by atomic mass is 16.6. The molecule has 0 aromatic heterocycles. The summed E-state index contributed by atoms with van der Waals surface area (Å²) in [5, 5.41) is 11.1. The number of hydrogen-bond acceptors (Lipinski definition) is 8. The van der Waals surface area contributed by atoms with Crippen LogP contribution in [0.4, 0.5) is 0 Å². The van der Waals surface area contributed by atoms with Gasteiger partial charge in [0.25, 0.3) is 0 Å². The largest absolute Gasteiger partial charge is 0.463 e. The number of allylic oxidation sites excluding steroid dienone is 6. The summed E-state index contributed by atoms with van der Waals surface area (Å²) in [7, 11) is 0. The molecular weight excluding hydrogens is 837 g/mol. The van der Waals surface area contributed by atoms with Crippen molar-refractivity contribution in [2.75, 3.05) is 13.2 Å². The molecule has 1 N–H and O–H groups in total. The van der Waals surface area contributed by atoms with Crippen molar-refractivity contribution in [1.82, 2.24) is 0 Å². The van der Waals surface area contributed by atoms with Crippen LogP contribution in [0.3, 0.4) is 0 Å². The quantitative estimate of drug-likeness (QED) is 0.0278. The molecule has 0 aromatic carbocycles. The van der Waals surface area contributed by atoms with Gasteiger partial charge in [-0.2, -0.15) is 0 Å². The third-order valence-electron chi connectivity index (χ3n) is 13.2. The zero-order valence-electron chi connectivity index (χ0n) is 44.0. The summed E-state index contributed by atoms with van der Waals surface area (Å²) in [6, 6.07) is 0. The predicted molar refractivity (Wildman–Crippen MR) is 280 cm³/mol. The lowest BCUT2D eigenvalue weighted by molar-refractivity contribution is -0.170. The van der Waals surface area contributed by atoms with Crippen LogP contribution in [-0.2, 0) is 33.3 Å². The number of hydrogen-bond donors (Lipinski definition) is 1. The molecule has 8 nitrogen and oxygen atoms in total. The van der Waals surface area contributed by atoms with Crippen molar-refractivity contribution < 1.29 is 38.4 Å². The molecule has 1 aliphatic rings. The van der Waals surface area contributed by atoms with Crippen molar-refractivity contribution in [1.29, 1.82) is 0 Å². The van der Waals surface area contributed by atoms with Crippen molar-refractivity contribution in [2.45, 2.75) is 308 Å². The van der Waals surface area contributed by atoms with E-state index in [-0.39, 0.29) is 44.4 Å². The monoisotopic (exact) mass is 943 g/mol. The van der Waals surface area contributed by atoms with Gasteiger partial charge >= 0.3 is 17.9 Å². The topological polar surface area (TPSA) is 108 Å². The van der Waals surface area contributed by atoms with E-state index in [4.69, 9.17) is 18.9 Å². The Labute approximate surface area is 413 Å². The first-order chi connectivity index (χ1) is 32.9. The Kier molecular flexibility index (Phi) is 45.4. The Morgan fingerprint density at radius 3 is 1.09 bits per heavy atom. The SMILES string of the molecule is CCCCCCCC/C=C/CCCCCCCC(=O)O[C@H]1[C@@H]([C@H](O)COC(=O)CCCCCC/C=C/CCCCCCCC)OC[C@@H]1OC(=O)CCCCCCC/C=C/CCCCCCCC. The number of esters is 3. The highest BCUT2D eigenvalue weighted by Gasteiger charge is 2.46. The van der Waals surface area contributed by atoms with Crippen molar-refractivity contribution in [3.05, 3.63) is 36.5 Å². The molecule has 67 heavy (non-hydrogen) atoms. The molecule has 4 atom stereocenters. The Bertz CT molecular complexity index is 1210. The second kappa shape index (κ2) is 48.6. The van der Waals surface area contributed by atoms with Gasteiger partial charge in [0, 0.05) is 19.3 Å². The minimum atomic E-state index is -1.22. The molecule has 390 valence electrons. The fraction of sp³-hybridized carbons (Fsp3) is 0.847. The van der Waals surface area contributed by atoms with Gasteiger partial charge in [-0.15, -0.1) is 0 Å². The molecule has 0 spiro atoms. The zero-order chi connectivity index (χ0) is 48.5. The molecule has 0 aromatic rings. The van der Waals surface area contributed by atoms with E-state index in [1.165, 1.54) is 135 Å². The third-order valence-corrected chi connectivity index (χ3v) is 13.2. The van der Waals surface area contributed by atoms with Gasteiger partial charge in [-0.3, -0.25) is 14.4 Å². The number of ether oxygens (including phenoxy) is 4. The van der Waals surface area contributed by atoms with Gasteiger partial charge in [0.15, 0.2) is 12.2 Å². The molecule has 0 amide bonds. The molecule has 8 heteroatoms. The van der Waals surface area contributed by atoms with Crippen LogP contribution in [-0.4, -0.2) is 60.6 Å². The van der Waals surface area contributed by atoms with Gasteiger partial charge in [-0.25, -0.2) is 0 Å². The molecule has 1 saturated heterocycles. The van der Waals surface area contributed by atoms with E-state index >= 15 is 0 Å². The Balaban J connectivity index is 2.46. The summed E-state index contributed by atoms with van der Waals surface area (Å²) in [5.41, 5.74) is 0. The van der Waals surface area contributed by atoms with Gasteiger partial charge in [0.1, 0.15) is 18.8 Å². The summed E-state index contributed by atoms with van der Waals surface area (Å²) in [6.45, 7) is 6.50. The van der Waals surface area contributed by atoms with E-state index < -0.39 is 30.4 Å². The standard InChI is InChI=1S/C59H106O8/c1-4-7-10-13-16-19-22-25-28-31-34-37-40-43-46-49-56(62)66-54-52-65-58(53(60)51-64-55(61)48-45-42-39-36-33-30-27-24-21-18-15-12-9-6-3)59(54)67-57(63)50-47-44-41-38-35-32-29-26-23-20-17-14-11-8-5-2/h25-30,53-54,58-60H,4-24,31-52H2,1-3H3/b28-25+,29-26+,30-27+/t53-,54+,58-,59-/m1/s1. The number of aliphatic hydroxyl groups is 1. The van der Waals surface area contributed by atoms with Gasteiger partial charge in [-0.1, -0.05) is 205 Å². The highest BCUT2D eigenvalue weighted by Crippen LogP contribution is 2.26. The van der Waals surface area contributed by atoms with Gasteiger partial charge in [-0.05, 0) is 96.3 Å². The molecule has 0 aliphatic carbocycles. The Morgan fingerprint density at radius 1 is 0.433 bits per heavy atom. The summed E-state index contributed by atoms with van der Waals surface area (Å²) in [4.78, 5) is 38.7. The maximum Gasteiger partial charge on any atom is 0.306 e. The summed E-state index contributed by atoms with van der Waals surface area (Å²) in [6.07, 6.45) is 55.4. The first-order valence-corrected chi connectivity index (χ1v) is 28.7. The molecule has 1 rings (SSSR count). The lowest BCUT2D eigenvalue weighted by Gasteiger charge is -2.26. The Morgan fingerprint density at radius 2 is 0.731 bits per heavy atom. The second-order valence-corrected chi connectivity index (χ2v) is 19.7. The van der Waals surface area contributed by atoms with Crippen LogP contribution in [0, 0.1) is 0 Å². The van der Waals surface area contributed by atoms with E-state index in [0.717, 1.165) is 103 Å². The van der Waals surface area contributed by atoms with Crippen LogP contribution < -0.4 is 0 Å². The maximum absolute atomic E-state index is 13.1. The first-order valence-electron chi connectivity index (χ1n) is 28.7. The van der Waals surface area contributed by atoms with Crippen LogP contribution in [0.25, 0.3) is 0 Å². The summed E-state index contributed by atoms with van der Waals surface area (Å²) in [5.74, 6) is -1.11. The van der Waals surface area contributed by atoms with Crippen LogP contribution >= 0.6 is 0 Å². The average Bonchev–Trinajstić information content (AvgIpc) is 3.71. The van der Waals surface area contributed by atoms with E-state index in [1.54, 1.807) is 0 Å². The molecule has 1 aliphatic heterocycles.